The third-order valence-corrected chi connectivity index (χ3v) is 10.5. The molecule has 25 heavy (non-hydrogen) atoms. The van der Waals surface area contributed by atoms with Gasteiger partial charge in [0.15, 0.2) is 0 Å². The summed E-state index contributed by atoms with van der Waals surface area (Å²) < 4.78 is 0. The van der Waals surface area contributed by atoms with Gasteiger partial charge in [-0.25, -0.2) is 0 Å². The molecule has 0 atom stereocenters. The summed E-state index contributed by atoms with van der Waals surface area (Å²) in [4.78, 5) is 12.2. The average Bonchev–Trinajstić information content (AvgIpc) is 2.64. The van der Waals surface area contributed by atoms with Crippen molar-refractivity contribution in [1.29, 1.82) is 0 Å². The zero-order valence-electron chi connectivity index (χ0n) is 15.4. The molecule has 0 bridgehead atoms. The van der Waals surface area contributed by atoms with Crippen molar-refractivity contribution in [3.63, 3.8) is 0 Å². The van der Waals surface area contributed by atoms with Gasteiger partial charge in [-0.15, -0.1) is 0 Å². The summed E-state index contributed by atoms with van der Waals surface area (Å²) in [6.07, 6.45) is 4.82. The van der Waals surface area contributed by atoms with Gasteiger partial charge in [0, 0.05) is 0 Å². The molecule has 0 spiro atoms. The maximum Gasteiger partial charge on any atom is 0.258 e. The molecular weight excluding hydrogens is 324 g/mol. The maximum absolute atomic E-state index is 12.2. The van der Waals surface area contributed by atoms with Crippen LogP contribution >= 0.6 is 0 Å². The van der Waals surface area contributed by atoms with Crippen molar-refractivity contribution in [3.8, 4) is 0 Å². The van der Waals surface area contributed by atoms with E-state index in [0.717, 1.165) is 42.5 Å². The summed E-state index contributed by atoms with van der Waals surface area (Å²) in [5, 5.41) is 11.8. The Balaban J connectivity index is 1.96. The van der Waals surface area contributed by atoms with Gasteiger partial charge in [-0.05, 0) is 53.4 Å². The predicted molar refractivity (Wildman–Crippen MR) is 107 cm³/mol. The first-order chi connectivity index (χ1) is 11.9. The first-order valence-electron chi connectivity index (χ1n) is 9.45. The van der Waals surface area contributed by atoms with Gasteiger partial charge in [0.25, 0.3) is 8.32 Å². The number of hydrogen-bond acceptors (Lipinski definition) is 2. The highest BCUT2D eigenvalue weighted by molar-refractivity contribution is 6.98. The fraction of sp³-hybridized carbons (Fsp3) is 0.455. The lowest BCUT2D eigenvalue weighted by atomic mass is 9.82. The summed E-state index contributed by atoms with van der Waals surface area (Å²) in [7, 11) is -2.89. The van der Waals surface area contributed by atoms with E-state index in [2.05, 4.69) is 38.1 Å². The Morgan fingerprint density at radius 3 is 1.72 bits per heavy atom. The van der Waals surface area contributed by atoms with E-state index in [1.165, 1.54) is 0 Å². The third-order valence-electron chi connectivity index (χ3n) is 5.98. The monoisotopic (exact) mass is 354 g/mol. The zero-order chi connectivity index (χ0) is 17.9. The summed E-state index contributed by atoms with van der Waals surface area (Å²) in [5.74, 6) is 0.588. The lowest BCUT2D eigenvalue weighted by Crippen LogP contribution is -2.65. The average molecular weight is 355 g/mol. The third kappa shape index (κ3) is 3.74. The second-order valence-corrected chi connectivity index (χ2v) is 12.1. The Hall–Kier alpha value is -1.42. The molecule has 1 fully saturated rings. The molecule has 0 amide bonds. The quantitative estimate of drug-likeness (QED) is 0.807. The molecule has 0 aliphatic heterocycles. The van der Waals surface area contributed by atoms with Gasteiger partial charge in [-0.1, -0.05) is 74.5 Å². The molecule has 1 aliphatic rings. The first kappa shape index (κ1) is 18.4. The molecule has 2 N–H and O–H groups in total. The Labute approximate surface area is 152 Å². The van der Waals surface area contributed by atoms with Crippen LogP contribution in [0.15, 0.2) is 60.7 Å². The largest absolute Gasteiger partial charge is 0.424 e. The van der Waals surface area contributed by atoms with E-state index in [-0.39, 0.29) is 11.1 Å². The fourth-order valence-corrected chi connectivity index (χ4v) is 8.36. The van der Waals surface area contributed by atoms with Crippen LogP contribution in [0.25, 0.3) is 0 Å². The maximum atomic E-state index is 12.2. The van der Waals surface area contributed by atoms with Crippen LogP contribution in [0.3, 0.4) is 0 Å². The van der Waals surface area contributed by atoms with Gasteiger partial charge in [-0.2, -0.15) is 0 Å². The Morgan fingerprint density at radius 2 is 1.28 bits per heavy atom. The Kier molecular flexibility index (Phi) is 5.47. The lowest BCUT2D eigenvalue weighted by molar-refractivity contribution is 0.103. The second-order valence-electron chi connectivity index (χ2n) is 8.21. The van der Waals surface area contributed by atoms with Gasteiger partial charge in [0.2, 0.25) is 0 Å². The van der Waals surface area contributed by atoms with E-state index in [0.29, 0.717) is 5.92 Å². The summed E-state index contributed by atoms with van der Waals surface area (Å²) in [6, 6.07) is 20.5. The molecule has 3 rings (SSSR count). The van der Waals surface area contributed by atoms with Crippen molar-refractivity contribution < 1.29 is 9.90 Å². The molecule has 3 heteroatoms. The van der Waals surface area contributed by atoms with E-state index in [9.17, 15) is 9.90 Å². The van der Waals surface area contributed by atoms with E-state index in [1.807, 2.05) is 36.4 Å². The summed E-state index contributed by atoms with van der Waals surface area (Å²) >= 11 is 0. The molecule has 2 aromatic rings. The molecule has 1 aliphatic carbocycles. The van der Waals surface area contributed by atoms with Crippen LogP contribution in [0.2, 0.25) is 5.04 Å². The molecule has 0 unspecified atom stereocenters. The van der Waals surface area contributed by atoms with Gasteiger partial charge >= 0.3 is 0 Å². The van der Waals surface area contributed by atoms with Crippen molar-refractivity contribution in [2.24, 2.45) is 5.92 Å². The van der Waals surface area contributed by atoms with Crippen LogP contribution in [0.1, 0.15) is 46.0 Å². The standard InChI is InChI=1S/C22H30O2Si/c1-22(2,17-18-13-15-19(23)16-14-18)25(24,20-9-5-3-6-10-20)21-11-7-4-8-12-21/h3-12,18-19,23-24H,13-17H2,1-2H3. The second kappa shape index (κ2) is 7.44. The van der Waals surface area contributed by atoms with Crippen LogP contribution in [-0.2, 0) is 0 Å². The number of benzene rings is 2. The van der Waals surface area contributed by atoms with Crippen LogP contribution in [0.4, 0.5) is 0 Å². The van der Waals surface area contributed by atoms with Crippen molar-refractivity contribution in [3.05, 3.63) is 60.7 Å². The first-order valence-corrected chi connectivity index (χ1v) is 11.4. The van der Waals surface area contributed by atoms with E-state index in [1.54, 1.807) is 0 Å². The van der Waals surface area contributed by atoms with Crippen molar-refractivity contribution in [1.82, 2.24) is 0 Å². The predicted octanol–water partition coefficient (Wildman–Crippen LogP) is 3.46. The molecule has 134 valence electrons. The summed E-state index contributed by atoms with van der Waals surface area (Å²) in [6.45, 7) is 4.48. The highest BCUT2D eigenvalue weighted by Crippen LogP contribution is 2.44. The highest BCUT2D eigenvalue weighted by atomic mass is 28.4. The zero-order valence-corrected chi connectivity index (χ0v) is 16.4. The van der Waals surface area contributed by atoms with Gasteiger partial charge in [0.1, 0.15) is 0 Å². The van der Waals surface area contributed by atoms with Crippen LogP contribution in [-0.4, -0.2) is 24.3 Å². The molecule has 0 radical (unpaired) electrons. The topological polar surface area (TPSA) is 40.5 Å². The molecule has 0 heterocycles. The fourth-order valence-electron chi connectivity index (χ4n) is 4.53. The summed E-state index contributed by atoms with van der Waals surface area (Å²) in [5.41, 5.74) is 0. The smallest absolute Gasteiger partial charge is 0.258 e. The van der Waals surface area contributed by atoms with Crippen molar-refractivity contribution in [2.75, 3.05) is 0 Å². The minimum Gasteiger partial charge on any atom is -0.424 e. The number of rotatable bonds is 5. The normalized spacial score (nSPS) is 21.9. The van der Waals surface area contributed by atoms with Gasteiger partial charge < -0.3 is 9.90 Å². The highest BCUT2D eigenvalue weighted by Gasteiger charge is 2.50. The van der Waals surface area contributed by atoms with E-state index in [4.69, 9.17) is 0 Å². The lowest BCUT2D eigenvalue weighted by Gasteiger charge is -2.44. The van der Waals surface area contributed by atoms with E-state index >= 15 is 0 Å². The Bertz CT molecular complexity index is 621. The molecule has 0 saturated heterocycles. The number of hydrogen-bond donors (Lipinski definition) is 2. The molecule has 2 nitrogen and oxygen atoms in total. The molecular formula is C22H30O2Si. The molecule has 2 aromatic carbocycles. The van der Waals surface area contributed by atoms with E-state index < -0.39 is 8.32 Å². The minimum absolute atomic E-state index is 0.126. The Morgan fingerprint density at radius 1 is 0.840 bits per heavy atom. The van der Waals surface area contributed by atoms with Gasteiger partial charge in [-0.3, -0.25) is 0 Å². The van der Waals surface area contributed by atoms with Crippen LogP contribution < -0.4 is 10.4 Å². The number of aliphatic hydroxyl groups is 1. The van der Waals surface area contributed by atoms with Crippen LogP contribution in [0, 0.1) is 5.92 Å². The minimum atomic E-state index is -2.89. The molecule has 0 aromatic heterocycles. The SMILES string of the molecule is CC(C)(CC1CCC(O)CC1)[Si](O)(c1ccccc1)c1ccccc1. The van der Waals surface area contributed by atoms with Crippen molar-refractivity contribution in [2.45, 2.75) is 57.1 Å². The van der Waals surface area contributed by atoms with Crippen molar-refractivity contribution >= 4 is 18.7 Å². The van der Waals surface area contributed by atoms with Crippen LogP contribution in [0.5, 0.6) is 0 Å². The number of aliphatic hydroxyl groups excluding tert-OH is 1. The van der Waals surface area contributed by atoms with Gasteiger partial charge in [0.05, 0.1) is 6.10 Å². The molecule has 1 saturated carbocycles.